The van der Waals surface area contributed by atoms with Gasteiger partial charge < -0.3 is 5.32 Å². The zero-order valence-corrected chi connectivity index (χ0v) is 15.7. The highest BCUT2D eigenvalue weighted by atomic mass is 35.5. The number of carbonyl (C=O) groups excluding carboxylic acids is 1. The zero-order chi connectivity index (χ0) is 20.3. The lowest BCUT2D eigenvalue weighted by atomic mass is 9.96. The molecule has 0 aliphatic carbocycles. The summed E-state index contributed by atoms with van der Waals surface area (Å²) in [5.74, 6) is -0.977. The second-order valence-corrected chi connectivity index (χ2v) is 7.25. The Balaban J connectivity index is 1.61. The molecule has 1 atom stereocenters. The maximum Gasteiger partial charge on any atom is 0.416 e. The molecule has 0 bridgehead atoms. The summed E-state index contributed by atoms with van der Waals surface area (Å²) in [6.45, 7) is 1.45. The molecule has 3 nitrogen and oxygen atoms in total. The molecule has 1 saturated heterocycles. The van der Waals surface area contributed by atoms with Crippen LogP contribution in [0, 0.1) is 11.7 Å². The quantitative estimate of drug-likeness (QED) is 0.684. The maximum atomic E-state index is 14.0. The highest BCUT2D eigenvalue weighted by Gasteiger charge is 2.30. The van der Waals surface area contributed by atoms with Crippen molar-refractivity contribution < 1.29 is 22.4 Å². The smallest absolute Gasteiger partial charge is 0.326 e. The van der Waals surface area contributed by atoms with Gasteiger partial charge in [0.15, 0.2) is 0 Å². The number of amides is 1. The van der Waals surface area contributed by atoms with Crippen LogP contribution in [0.2, 0.25) is 5.02 Å². The Labute approximate surface area is 165 Å². The van der Waals surface area contributed by atoms with E-state index in [2.05, 4.69) is 5.32 Å². The van der Waals surface area contributed by atoms with Crippen LogP contribution in [0.25, 0.3) is 0 Å². The molecule has 0 aromatic heterocycles. The van der Waals surface area contributed by atoms with Crippen molar-refractivity contribution in [3.63, 3.8) is 0 Å². The third-order valence-electron chi connectivity index (χ3n) is 4.80. The summed E-state index contributed by atoms with van der Waals surface area (Å²) in [6.07, 6.45) is -2.99. The summed E-state index contributed by atoms with van der Waals surface area (Å²) >= 11 is 6.07. The molecule has 1 unspecified atom stereocenters. The molecule has 1 N–H and O–H groups in total. The Kier molecular flexibility index (Phi) is 6.25. The van der Waals surface area contributed by atoms with E-state index in [-0.39, 0.29) is 17.6 Å². The fourth-order valence-corrected chi connectivity index (χ4v) is 3.53. The van der Waals surface area contributed by atoms with Gasteiger partial charge in [0.25, 0.3) is 0 Å². The molecular weight excluding hydrogens is 396 g/mol. The number of hydrogen-bond acceptors (Lipinski definition) is 2. The number of nitrogens with one attached hydrogen (secondary N) is 1. The van der Waals surface area contributed by atoms with Crippen LogP contribution in [0.1, 0.15) is 24.0 Å². The van der Waals surface area contributed by atoms with Gasteiger partial charge in [-0.05, 0) is 55.8 Å². The molecule has 2 aromatic carbocycles. The Bertz CT molecular complexity index is 819. The second-order valence-electron chi connectivity index (χ2n) is 6.84. The van der Waals surface area contributed by atoms with E-state index < -0.39 is 11.7 Å². The van der Waals surface area contributed by atoms with Crippen LogP contribution in [-0.4, -0.2) is 23.9 Å². The van der Waals surface area contributed by atoms with Crippen molar-refractivity contribution in [2.24, 2.45) is 5.92 Å². The lowest BCUT2D eigenvalue weighted by molar-refractivity contribution is -0.137. The summed E-state index contributed by atoms with van der Waals surface area (Å²) in [6, 6.07) is 8.85. The Morgan fingerprint density at radius 3 is 2.54 bits per heavy atom. The lowest BCUT2D eigenvalue weighted by Gasteiger charge is -2.32. The SMILES string of the molecule is O=C(Nc1ccc(C(F)(F)F)cc1)C1CCCN(Cc2c(F)cccc2Cl)C1. The van der Waals surface area contributed by atoms with Gasteiger partial charge in [0.1, 0.15) is 5.82 Å². The number of piperidine rings is 1. The third kappa shape index (κ3) is 5.02. The molecule has 2 aromatic rings. The van der Waals surface area contributed by atoms with E-state index >= 15 is 0 Å². The lowest BCUT2D eigenvalue weighted by Crippen LogP contribution is -2.40. The van der Waals surface area contributed by atoms with Gasteiger partial charge in [-0.15, -0.1) is 0 Å². The molecule has 3 rings (SSSR count). The van der Waals surface area contributed by atoms with Gasteiger partial charge in [-0.2, -0.15) is 13.2 Å². The largest absolute Gasteiger partial charge is 0.416 e. The first-order valence-corrected chi connectivity index (χ1v) is 9.25. The summed E-state index contributed by atoms with van der Waals surface area (Å²) in [7, 11) is 0. The minimum atomic E-state index is -4.42. The first-order valence-electron chi connectivity index (χ1n) is 8.87. The molecule has 1 aliphatic rings. The first kappa shape index (κ1) is 20.6. The molecule has 0 saturated carbocycles. The topological polar surface area (TPSA) is 32.3 Å². The predicted octanol–water partition coefficient (Wildman–Crippen LogP) is 5.35. The summed E-state index contributed by atoms with van der Waals surface area (Å²) < 4.78 is 51.9. The van der Waals surface area contributed by atoms with Crippen LogP contribution in [0.3, 0.4) is 0 Å². The molecule has 1 heterocycles. The first-order chi connectivity index (χ1) is 13.2. The van der Waals surface area contributed by atoms with Crippen LogP contribution in [0.15, 0.2) is 42.5 Å². The number of rotatable bonds is 4. The third-order valence-corrected chi connectivity index (χ3v) is 5.15. The highest BCUT2D eigenvalue weighted by molar-refractivity contribution is 6.31. The van der Waals surface area contributed by atoms with Gasteiger partial charge in [-0.3, -0.25) is 9.69 Å². The van der Waals surface area contributed by atoms with Crippen LogP contribution in [-0.2, 0) is 17.5 Å². The van der Waals surface area contributed by atoms with Gasteiger partial charge >= 0.3 is 6.18 Å². The van der Waals surface area contributed by atoms with Gasteiger partial charge in [0.05, 0.1) is 11.5 Å². The van der Waals surface area contributed by atoms with E-state index in [0.717, 1.165) is 18.6 Å². The van der Waals surface area contributed by atoms with Crippen molar-refractivity contribution in [2.75, 3.05) is 18.4 Å². The normalized spacial score (nSPS) is 18.1. The zero-order valence-electron chi connectivity index (χ0n) is 14.9. The molecule has 1 fully saturated rings. The maximum absolute atomic E-state index is 14.0. The number of hydrogen-bond donors (Lipinski definition) is 1. The summed E-state index contributed by atoms with van der Waals surface area (Å²) in [5, 5.41) is 3.01. The molecule has 8 heteroatoms. The van der Waals surface area contributed by atoms with E-state index in [1.807, 2.05) is 4.90 Å². The van der Waals surface area contributed by atoms with E-state index in [1.54, 1.807) is 6.07 Å². The number of carbonyl (C=O) groups is 1. The number of alkyl halides is 3. The molecule has 150 valence electrons. The predicted molar refractivity (Wildman–Crippen MR) is 99.5 cm³/mol. The average molecular weight is 415 g/mol. The Hall–Kier alpha value is -2.12. The van der Waals surface area contributed by atoms with Crippen molar-refractivity contribution >= 4 is 23.2 Å². The monoisotopic (exact) mass is 414 g/mol. The highest BCUT2D eigenvalue weighted by Crippen LogP contribution is 2.30. The number of benzene rings is 2. The minimum absolute atomic E-state index is 0.260. The van der Waals surface area contributed by atoms with Crippen molar-refractivity contribution in [1.29, 1.82) is 0 Å². The van der Waals surface area contributed by atoms with E-state index in [0.29, 0.717) is 42.3 Å². The van der Waals surface area contributed by atoms with E-state index in [9.17, 15) is 22.4 Å². The van der Waals surface area contributed by atoms with Gasteiger partial charge in [0.2, 0.25) is 5.91 Å². The summed E-state index contributed by atoms with van der Waals surface area (Å²) in [4.78, 5) is 14.5. The number of halogens is 5. The molecule has 0 spiro atoms. The van der Waals surface area contributed by atoms with Gasteiger partial charge in [-0.25, -0.2) is 4.39 Å². The van der Waals surface area contributed by atoms with Crippen LogP contribution < -0.4 is 5.32 Å². The minimum Gasteiger partial charge on any atom is -0.326 e. The standard InChI is InChI=1S/C20H19ClF4N2O/c21-17-4-1-5-18(22)16(17)12-27-10-2-3-13(11-27)19(28)26-15-8-6-14(7-9-15)20(23,24)25/h1,4-9,13H,2-3,10-12H2,(H,26,28). The summed E-state index contributed by atoms with van der Waals surface area (Å²) in [5.41, 5.74) is -0.0589. The molecule has 0 radical (unpaired) electrons. The van der Waals surface area contributed by atoms with Gasteiger partial charge in [-0.1, -0.05) is 17.7 Å². The molecule has 1 amide bonds. The molecule has 1 aliphatic heterocycles. The molecule has 28 heavy (non-hydrogen) atoms. The molecular formula is C20H19ClF4N2O. The fraction of sp³-hybridized carbons (Fsp3) is 0.350. The second kappa shape index (κ2) is 8.49. The Morgan fingerprint density at radius 1 is 1.18 bits per heavy atom. The van der Waals surface area contributed by atoms with Crippen LogP contribution in [0.4, 0.5) is 23.2 Å². The van der Waals surface area contributed by atoms with Crippen molar-refractivity contribution in [3.8, 4) is 0 Å². The van der Waals surface area contributed by atoms with Gasteiger partial charge in [0, 0.05) is 29.4 Å². The van der Waals surface area contributed by atoms with Crippen LogP contribution >= 0.6 is 11.6 Å². The fourth-order valence-electron chi connectivity index (χ4n) is 3.31. The average Bonchev–Trinajstić information content (AvgIpc) is 2.65. The van der Waals surface area contributed by atoms with Crippen molar-refractivity contribution in [3.05, 3.63) is 64.4 Å². The van der Waals surface area contributed by atoms with Crippen molar-refractivity contribution in [1.82, 2.24) is 4.90 Å². The Morgan fingerprint density at radius 2 is 1.89 bits per heavy atom. The number of nitrogens with zero attached hydrogens (tertiary/aromatic N) is 1. The van der Waals surface area contributed by atoms with E-state index in [4.69, 9.17) is 11.6 Å². The number of anilines is 1. The number of likely N-dealkylation sites (tertiary alicyclic amines) is 1. The van der Waals surface area contributed by atoms with E-state index in [1.165, 1.54) is 24.3 Å². The van der Waals surface area contributed by atoms with Crippen molar-refractivity contribution in [2.45, 2.75) is 25.6 Å². The van der Waals surface area contributed by atoms with Crippen LogP contribution in [0.5, 0.6) is 0 Å².